The van der Waals surface area contributed by atoms with E-state index in [1.54, 1.807) is 0 Å². The molecule has 11 rings (SSSR count). The van der Waals surface area contributed by atoms with Crippen molar-refractivity contribution in [3.8, 4) is 33.6 Å². The van der Waals surface area contributed by atoms with Crippen LogP contribution in [0.4, 0.5) is 0 Å². The van der Waals surface area contributed by atoms with Gasteiger partial charge in [-0.1, -0.05) is 127 Å². The lowest BCUT2D eigenvalue weighted by atomic mass is 9.96. The summed E-state index contributed by atoms with van der Waals surface area (Å²) < 4.78 is 11.5. The van der Waals surface area contributed by atoms with Gasteiger partial charge in [0, 0.05) is 38.2 Å². The molecule has 0 aliphatic heterocycles. The molecule has 0 saturated heterocycles. The number of hydrogen-bond donors (Lipinski definition) is 0. The summed E-state index contributed by atoms with van der Waals surface area (Å²) in [6.07, 6.45) is 0. The van der Waals surface area contributed by atoms with Crippen molar-refractivity contribution < 1.29 is 4.42 Å². The predicted octanol–water partition coefficient (Wildman–Crippen LogP) is 13.1. The van der Waals surface area contributed by atoms with Crippen molar-refractivity contribution in [2.75, 3.05) is 0 Å². The third-order valence-electron chi connectivity index (χ3n) is 10.5. The van der Waals surface area contributed by atoms with E-state index in [-0.39, 0.29) is 0 Å². The van der Waals surface area contributed by atoms with Gasteiger partial charge in [0.05, 0.1) is 33.1 Å². The quantitative estimate of drug-likeness (QED) is 0.186. The molecule has 0 bridgehead atoms. The minimum absolute atomic E-state index is 0.874. The topological polar surface area (TPSA) is 23.0 Å². The lowest BCUT2D eigenvalue weighted by molar-refractivity contribution is 0.669. The molecule has 238 valence electrons. The number of benzene rings is 8. The van der Waals surface area contributed by atoms with Crippen LogP contribution < -0.4 is 0 Å². The zero-order chi connectivity index (χ0) is 33.5. The Morgan fingerprint density at radius 2 is 0.902 bits per heavy atom. The molecule has 0 unspecified atom stereocenters. The fourth-order valence-electron chi connectivity index (χ4n) is 8.30. The normalized spacial score (nSPS) is 11.9. The molecule has 0 fully saturated rings. The number of aromatic nitrogens is 2. The SMILES string of the molecule is c1ccc(-c2cccc(-c3ccc4oc5ccccc5c4c3-n3c4ccccc4c4ccc(-n5c6ccccc6c6ccccc65)cc43)c2)cc1. The van der Waals surface area contributed by atoms with Gasteiger partial charge in [0.2, 0.25) is 0 Å². The molecule has 11 aromatic rings. The van der Waals surface area contributed by atoms with Gasteiger partial charge in [-0.25, -0.2) is 0 Å². The Morgan fingerprint density at radius 1 is 0.333 bits per heavy atom. The van der Waals surface area contributed by atoms with Crippen molar-refractivity contribution in [2.24, 2.45) is 0 Å². The Morgan fingerprint density at radius 3 is 1.63 bits per heavy atom. The summed E-state index contributed by atoms with van der Waals surface area (Å²) in [5.74, 6) is 0. The standard InChI is InChI=1S/C48H30N2O/c1-2-13-31(14-3-1)32-15-12-16-33(29-32)35-27-28-46-47(40-20-7-11-24-45(40)51-46)48(35)50-43-23-10-6-19-38(43)39-26-25-34(30-44(39)50)49-41-21-8-4-17-36(41)37-18-5-9-22-42(37)49/h1-30H. The molecule has 3 heteroatoms. The molecule has 0 aliphatic carbocycles. The third kappa shape index (κ3) is 4.12. The number of rotatable bonds is 4. The third-order valence-corrected chi connectivity index (χ3v) is 10.5. The summed E-state index contributed by atoms with van der Waals surface area (Å²) in [6.45, 7) is 0. The summed E-state index contributed by atoms with van der Waals surface area (Å²) in [4.78, 5) is 0. The van der Waals surface area contributed by atoms with Crippen molar-refractivity contribution in [2.45, 2.75) is 0 Å². The predicted molar refractivity (Wildman–Crippen MR) is 213 cm³/mol. The fourth-order valence-corrected chi connectivity index (χ4v) is 8.30. The van der Waals surface area contributed by atoms with Gasteiger partial charge in [0.25, 0.3) is 0 Å². The molecule has 51 heavy (non-hydrogen) atoms. The van der Waals surface area contributed by atoms with Gasteiger partial charge in [0.1, 0.15) is 11.2 Å². The van der Waals surface area contributed by atoms with Crippen LogP contribution in [0, 0.1) is 0 Å². The van der Waals surface area contributed by atoms with E-state index in [0.29, 0.717) is 0 Å². The highest BCUT2D eigenvalue weighted by atomic mass is 16.3. The van der Waals surface area contributed by atoms with E-state index in [2.05, 4.69) is 185 Å². The molecular weight excluding hydrogens is 621 g/mol. The monoisotopic (exact) mass is 650 g/mol. The second-order valence-electron chi connectivity index (χ2n) is 13.3. The van der Waals surface area contributed by atoms with E-state index in [9.17, 15) is 0 Å². The molecular formula is C48H30N2O. The lowest BCUT2D eigenvalue weighted by Crippen LogP contribution is -2.00. The Kier molecular flexibility index (Phi) is 5.96. The Balaban J connectivity index is 1.28. The Bertz CT molecular complexity index is 3090. The highest BCUT2D eigenvalue weighted by Gasteiger charge is 2.23. The molecule has 3 heterocycles. The summed E-state index contributed by atoms with van der Waals surface area (Å²) in [6, 6.07) is 65.5. The number of fused-ring (bicyclic) bond motifs is 9. The average molecular weight is 651 g/mol. The maximum absolute atomic E-state index is 6.56. The zero-order valence-corrected chi connectivity index (χ0v) is 27.6. The van der Waals surface area contributed by atoms with Gasteiger partial charge in [-0.05, 0) is 71.3 Å². The Labute approximate surface area is 293 Å². The van der Waals surface area contributed by atoms with Gasteiger partial charge < -0.3 is 13.6 Å². The first-order chi connectivity index (χ1) is 25.3. The van der Waals surface area contributed by atoms with Gasteiger partial charge in [-0.3, -0.25) is 0 Å². The van der Waals surface area contributed by atoms with Gasteiger partial charge >= 0.3 is 0 Å². The van der Waals surface area contributed by atoms with Crippen LogP contribution in [0.2, 0.25) is 0 Å². The number of furan rings is 1. The van der Waals surface area contributed by atoms with Crippen molar-refractivity contribution in [1.82, 2.24) is 9.13 Å². The van der Waals surface area contributed by atoms with Crippen molar-refractivity contribution in [3.63, 3.8) is 0 Å². The van der Waals surface area contributed by atoms with Crippen LogP contribution in [0.15, 0.2) is 186 Å². The van der Waals surface area contributed by atoms with Crippen molar-refractivity contribution in [3.05, 3.63) is 182 Å². The lowest BCUT2D eigenvalue weighted by Gasteiger charge is -2.17. The molecule has 0 aliphatic rings. The number of nitrogens with zero attached hydrogens (tertiary/aromatic N) is 2. The second-order valence-corrected chi connectivity index (χ2v) is 13.3. The highest BCUT2D eigenvalue weighted by Crippen LogP contribution is 2.44. The number of hydrogen-bond acceptors (Lipinski definition) is 1. The molecule has 3 aromatic heterocycles. The first-order valence-electron chi connectivity index (χ1n) is 17.4. The van der Waals surface area contributed by atoms with Crippen molar-refractivity contribution >= 4 is 65.6 Å². The summed E-state index contributed by atoms with van der Waals surface area (Å²) in [7, 11) is 0. The largest absolute Gasteiger partial charge is 0.456 e. The first-order valence-corrected chi connectivity index (χ1v) is 17.4. The highest BCUT2D eigenvalue weighted by molar-refractivity contribution is 6.17. The van der Waals surface area contributed by atoms with E-state index in [1.807, 2.05) is 6.07 Å². The molecule has 0 saturated carbocycles. The molecule has 0 N–H and O–H groups in total. The Hall–Kier alpha value is -6.84. The van der Waals surface area contributed by atoms with Crippen LogP contribution in [-0.4, -0.2) is 9.13 Å². The van der Waals surface area contributed by atoms with E-state index >= 15 is 0 Å². The maximum atomic E-state index is 6.56. The summed E-state index contributed by atoms with van der Waals surface area (Å²) in [5.41, 5.74) is 13.4. The average Bonchev–Trinajstić information content (AvgIpc) is 3.85. The van der Waals surface area contributed by atoms with Crippen LogP contribution in [0.25, 0.3) is 99.2 Å². The smallest absolute Gasteiger partial charge is 0.137 e. The molecule has 0 atom stereocenters. The minimum atomic E-state index is 0.874. The van der Waals surface area contributed by atoms with Crippen LogP contribution >= 0.6 is 0 Å². The summed E-state index contributed by atoms with van der Waals surface area (Å²) >= 11 is 0. The van der Waals surface area contributed by atoms with Crippen LogP contribution in [0.1, 0.15) is 0 Å². The molecule has 3 nitrogen and oxygen atoms in total. The van der Waals surface area contributed by atoms with Crippen LogP contribution in [0.5, 0.6) is 0 Å². The van der Waals surface area contributed by atoms with E-state index < -0.39 is 0 Å². The van der Waals surface area contributed by atoms with Crippen molar-refractivity contribution in [1.29, 1.82) is 0 Å². The van der Waals surface area contributed by atoms with E-state index in [0.717, 1.165) is 55.5 Å². The molecule has 0 spiro atoms. The number of para-hydroxylation sites is 4. The van der Waals surface area contributed by atoms with Crippen LogP contribution in [-0.2, 0) is 0 Å². The second kappa shape index (κ2) is 10.8. The van der Waals surface area contributed by atoms with E-state index in [4.69, 9.17) is 4.42 Å². The fraction of sp³-hybridized carbons (Fsp3) is 0. The molecule has 0 radical (unpaired) electrons. The van der Waals surface area contributed by atoms with Gasteiger partial charge in [0.15, 0.2) is 0 Å². The molecule has 0 amide bonds. The van der Waals surface area contributed by atoms with Gasteiger partial charge in [-0.2, -0.15) is 0 Å². The first kappa shape index (κ1) is 28.0. The van der Waals surface area contributed by atoms with Gasteiger partial charge in [-0.15, -0.1) is 0 Å². The minimum Gasteiger partial charge on any atom is -0.456 e. The molecule has 8 aromatic carbocycles. The van der Waals surface area contributed by atoms with Crippen LogP contribution in [0.3, 0.4) is 0 Å². The summed E-state index contributed by atoms with van der Waals surface area (Å²) in [5, 5.41) is 7.15. The maximum Gasteiger partial charge on any atom is 0.137 e. The zero-order valence-electron chi connectivity index (χ0n) is 27.6. The van der Waals surface area contributed by atoms with E-state index in [1.165, 1.54) is 43.7 Å².